The van der Waals surface area contributed by atoms with Crippen LogP contribution in [0.3, 0.4) is 0 Å². The Balaban J connectivity index is 1.79. The highest BCUT2D eigenvalue weighted by Crippen LogP contribution is 2.22. The normalized spacial score (nSPS) is 12.0. The fourth-order valence-corrected chi connectivity index (χ4v) is 3.30. The SMILES string of the molecule is Cc1cccc(-c2n[nH]c(=S)n2CC(=O)N[C@@H](C)c2ccccc2Cl)c1. The lowest BCUT2D eigenvalue weighted by Gasteiger charge is -2.16. The summed E-state index contributed by atoms with van der Waals surface area (Å²) in [5, 5.41) is 10.6. The van der Waals surface area contributed by atoms with E-state index in [2.05, 4.69) is 15.5 Å². The molecule has 0 spiro atoms. The monoisotopic (exact) mass is 386 g/mol. The van der Waals surface area contributed by atoms with Crippen LogP contribution in [0.2, 0.25) is 5.02 Å². The summed E-state index contributed by atoms with van der Waals surface area (Å²) in [4.78, 5) is 12.5. The number of benzene rings is 2. The fraction of sp³-hybridized carbons (Fsp3) is 0.211. The van der Waals surface area contributed by atoms with Gasteiger partial charge in [0.25, 0.3) is 0 Å². The van der Waals surface area contributed by atoms with Crippen molar-refractivity contribution in [2.45, 2.75) is 26.4 Å². The van der Waals surface area contributed by atoms with E-state index in [4.69, 9.17) is 23.8 Å². The molecule has 134 valence electrons. The Kier molecular flexibility index (Phi) is 5.54. The Bertz CT molecular complexity index is 995. The molecule has 0 aliphatic heterocycles. The second kappa shape index (κ2) is 7.85. The molecule has 2 aromatic carbocycles. The summed E-state index contributed by atoms with van der Waals surface area (Å²) >= 11 is 11.5. The Morgan fingerprint density at radius 1 is 1.31 bits per heavy atom. The van der Waals surface area contributed by atoms with Crippen molar-refractivity contribution in [3.05, 3.63) is 69.5 Å². The first-order valence-electron chi connectivity index (χ1n) is 8.21. The molecule has 0 unspecified atom stereocenters. The largest absolute Gasteiger partial charge is 0.348 e. The van der Waals surface area contributed by atoms with Gasteiger partial charge < -0.3 is 5.32 Å². The molecule has 0 saturated carbocycles. The minimum Gasteiger partial charge on any atom is -0.348 e. The third-order valence-corrected chi connectivity index (χ3v) is 4.74. The topological polar surface area (TPSA) is 62.7 Å². The molecule has 0 saturated heterocycles. The average Bonchev–Trinajstić information content (AvgIpc) is 2.96. The molecule has 1 heterocycles. The van der Waals surface area contributed by atoms with Crippen LogP contribution in [0.25, 0.3) is 11.4 Å². The average molecular weight is 387 g/mol. The number of aromatic amines is 1. The molecule has 1 amide bonds. The summed E-state index contributed by atoms with van der Waals surface area (Å²) in [6.45, 7) is 3.98. The van der Waals surface area contributed by atoms with E-state index in [1.165, 1.54) is 0 Å². The molecule has 26 heavy (non-hydrogen) atoms. The minimum atomic E-state index is -0.209. The first-order chi connectivity index (χ1) is 12.5. The zero-order valence-electron chi connectivity index (χ0n) is 14.5. The summed E-state index contributed by atoms with van der Waals surface area (Å²) in [5.41, 5.74) is 2.89. The Hall–Kier alpha value is -2.44. The van der Waals surface area contributed by atoms with E-state index in [1.807, 2.05) is 62.4 Å². The van der Waals surface area contributed by atoms with Crippen molar-refractivity contribution in [1.82, 2.24) is 20.1 Å². The molecule has 1 aromatic heterocycles. The summed E-state index contributed by atoms with van der Waals surface area (Å²) in [6.07, 6.45) is 0. The summed E-state index contributed by atoms with van der Waals surface area (Å²) in [7, 11) is 0. The number of nitrogens with one attached hydrogen (secondary N) is 2. The Morgan fingerprint density at radius 3 is 2.81 bits per heavy atom. The van der Waals surface area contributed by atoms with E-state index in [1.54, 1.807) is 4.57 Å². The molecular weight excluding hydrogens is 368 g/mol. The Labute approximate surface area is 162 Å². The van der Waals surface area contributed by atoms with Crippen molar-refractivity contribution in [1.29, 1.82) is 0 Å². The van der Waals surface area contributed by atoms with Gasteiger partial charge in [0, 0.05) is 10.6 Å². The number of hydrogen-bond acceptors (Lipinski definition) is 3. The van der Waals surface area contributed by atoms with Gasteiger partial charge >= 0.3 is 0 Å². The lowest BCUT2D eigenvalue weighted by Crippen LogP contribution is -2.30. The van der Waals surface area contributed by atoms with E-state index >= 15 is 0 Å². The molecule has 0 aliphatic rings. The van der Waals surface area contributed by atoms with E-state index in [-0.39, 0.29) is 18.5 Å². The Morgan fingerprint density at radius 2 is 2.08 bits per heavy atom. The quantitative estimate of drug-likeness (QED) is 0.637. The zero-order valence-corrected chi connectivity index (χ0v) is 16.1. The van der Waals surface area contributed by atoms with E-state index in [0.29, 0.717) is 15.6 Å². The highest BCUT2D eigenvalue weighted by Gasteiger charge is 2.16. The third-order valence-electron chi connectivity index (χ3n) is 4.09. The zero-order chi connectivity index (χ0) is 18.7. The van der Waals surface area contributed by atoms with Gasteiger partial charge in [-0.3, -0.25) is 14.5 Å². The molecule has 3 rings (SSSR count). The number of H-pyrrole nitrogens is 1. The second-order valence-electron chi connectivity index (χ2n) is 6.12. The number of halogens is 1. The number of nitrogens with zero attached hydrogens (tertiary/aromatic N) is 2. The smallest absolute Gasteiger partial charge is 0.240 e. The van der Waals surface area contributed by atoms with Crippen LogP contribution in [-0.4, -0.2) is 20.7 Å². The molecule has 7 heteroatoms. The molecule has 0 aliphatic carbocycles. The van der Waals surface area contributed by atoms with Crippen LogP contribution in [0.15, 0.2) is 48.5 Å². The van der Waals surface area contributed by atoms with Crippen molar-refractivity contribution in [2.75, 3.05) is 0 Å². The fourth-order valence-electron chi connectivity index (χ4n) is 2.80. The standard InChI is InChI=1S/C19H19ClN4OS/c1-12-6-5-7-14(10-12)18-22-23-19(26)24(18)11-17(25)21-13(2)15-8-3-4-9-16(15)20/h3-10,13H,11H2,1-2H3,(H,21,25)(H,23,26)/t13-/m0/s1. The molecule has 0 radical (unpaired) electrons. The number of amides is 1. The second-order valence-corrected chi connectivity index (χ2v) is 6.91. The maximum absolute atomic E-state index is 12.5. The molecule has 5 nitrogen and oxygen atoms in total. The lowest BCUT2D eigenvalue weighted by atomic mass is 10.1. The number of aromatic nitrogens is 3. The third kappa shape index (κ3) is 4.03. The van der Waals surface area contributed by atoms with E-state index in [0.717, 1.165) is 16.7 Å². The van der Waals surface area contributed by atoms with Gasteiger partial charge in [0.05, 0.1) is 6.04 Å². The van der Waals surface area contributed by atoms with Crippen LogP contribution in [-0.2, 0) is 11.3 Å². The molecule has 0 bridgehead atoms. The predicted molar refractivity (Wildman–Crippen MR) is 106 cm³/mol. The van der Waals surface area contributed by atoms with Gasteiger partial charge in [-0.05, 0) is 43.8 Å². The van der Waals surface area contributed by atoms with Gasteiger partial charge in [0.15, 0.2) is 10.6 Å². The lowest BCUT2D eigenvalue weighted by molar-refractivity contribution is -0.122. The summed E-state index contributed by atoms with van der Waals surface area (Å²) in [5.74, 6) is 0.475. The van der Waals surface area contributed by atoms with Gasteiger partial charge in [-0.25, -0.2) is 0 Å². The van der Waals surface area contributed by atoms with Gasteiger partial charge in [0.2, 0.25) is 5.91 Å². The number of carbonyl (C=O) groups is 1. The highest BCUT2D eigenvalue weighted by molar-refractivity contribution is 7.71. The molecule has 0 fully saturated rings. The van der Waals surface area contributed by atoms with Crippen LogP contribution < -0.4 is 5.32 Å². The summed E-state index contributed by atoms with van der Waals surface area (Å²) < 4.78 is 2.10. The first kappa shape index (κ1) is 18.4. The van der Waals surface area contributed by atoms with Crippen LogP contribution in [0.1, 0.15) is 24.1 Å². The maximum Gasteiger partial charge on any atom is 0.240 e. The number of carbonyl (C=O) groups excluding carboxylic acids is 1. The number of aryl methyl sites for hydroxylation is 1. The van der Waals surface area contributed by atoms with Crippen molar-refractivity contribution in [2.24, 2.45) is 0 Å². The number of hydrogen-bond donors (Lipinski definition) is 2. The van der Waals surface area contributed by atoms with Crippen molar-refractivity contribution < 1.29 is 4.79 Å². The molecule has 2 N–H and O–H groups in total. The highest BCUT2D eigenvalue weighted by atomic mass is 35.5. The molecular formula is C19H19ClN4OS. The van der Waals surface area contributed by atoms with Gasteiger partial charge in [-0.2, -0.15) is 5.10 Å². The number of rotatable bonds is 5. The van der Waals surface area contributed by atoms with E-state index in [9.17, 15) is 4.79 Å². The molecule has 3 aromatic rings. The van der Waals surface area contributed by atoms with Crippen LogP contribution in [0, 0.1) is 11.7 Å². The minimum absolute atomic E-state index is 0.0768. The van der Waals surface area contributed by atoms with Crippen molar-refractivity contribution in [3.8, 4) is 11.4 Å². The maximum atomic E-state index is 12.5. The van der Waals surface area contributed by atoms with E-state index < -0.39 is 0 Å². The van der Waals surface area contributed by atoms with Crippen LogP contribution in [0.4, 0.5) is 0 Å². The predicted octanol–water partition coefficient (Wildman–Crippen LogP) is 4.45. The first-order valence-corrected chi connectivity index (χ1v) is 9.00. The van der Waals surface area contributed by atoms with Crippen LogP contribution in [0.5, 0.6) is 0 Å². The van der Waals surface area contributed by atoms with Gasteiger partial charge in [-0.1, -0.05) is 53.6 Å². The van der Waals surface area contributed by atoms with Gasteiger partial charge in [-0.15, -0.1) is 0 Å². The van der Waals surface area contributed by atoms with Crippen LogP contribution >= 0.6 is 23.8 Å². The molecule has 1 atom stereocenters. The van der Waals surface area contributed by atoms with Crippen molar-refractivity contribution >= 4 is 29.7 Å². The van der Waals surface area contributed by atoms with Gasteiger partial charge in [0.1, 0.15) is 6.54 Å². The summed E-state index contributed by atoms with van der Waals surface area (Å²) in [6, 6.07) is 15.2. The van der Waals surface area contributed by atoms with Crippen molar-refractivity contribution in [3.63, 3.8) is 0 Å².